The van der Waals surface area contributed by atoms with Gasteiger partial charge in [0, 0.05) is 18.6 Å². The lowest BCUT2D eigenvalue weighted by atomic mass is 9.74. The van der Waals surface area contributed by atoms with Crippen molar-refractivity contribution >= 4 is 0 Å². The van der Waals surface area contributed by atoms with Crippen LogP contribution in [0.2, 0.25) is 0 Å². The zero-order valence-electron chi connectivity index (χ0n) is 13.0. The van der Waals surface area contributed by atoms with Gasteiger partial charge in [-0.1, -0.05) is 31.4 Å². The molecule has 21 heavy (non-hydrogen) atoms. The molecular weight excluding hydrogens is 263 g/mol. The second-order valence-electron chi connectivity index (χ2n) is 6.95. The third-order valence-electron chi connectivity index (χ3n) is 5.40. The molecule has 0 bridgehead atoms. The van der Waals surface area contributed by atoms with Crippen LogP contribution in [0, 0.1) is 17.7 Å². The van der Waals surface area contributed by atoms with Gasteiger partial charge >= 0.3 is 0 Å². The van der Waals surface area contributed by atoms with Crippen molar-refractivity contribution in [1.29, 1.82) is 0 Å². The fourth-order valence-corrected chi connectivity index (χ4v) is 4.42. The molecule has 0 spiro atoms. The van der Waals surface area contributed by atoms with Crippen LogP contribution in [0.15, 0.2) is 24.3 Å². The Morgan fingerprint density at radius 1 is 1.19 bits per heavy atom. The topological polar surface area (TPSA) is 29.3 Å². The first kappa shape index (κ1) is 15.0. The Morgan fingerprint density at radius 2 is 1.95 bits per heavy atom. The quantitative estimate of drug-likeness (QED) is 0.919. The fourth-order valence-electron chi connectivity index (χ4n) is 4.42. The summed E-state index contributed by atoms with van der Waals surface area (Å²) in [7, 11) is 0. The van der Waals surface area contributed by atoms with Crippen molar-refractivity contribution in [3.63, 3.8) is 0 Å². The van der Waals surface area contributed by atoms with Crippen molar-refractivity contribution in [1.82, 2.24) is 4.90 Å². The fraction of sp³-hybridized carbons (Fsp3) is 0.667. The van der Waals surface area contributed by atoms with Crippen LogP contribution in [0.3, 0.4) is 0 Å². The number of benzene rings is 1. The molecule has 0 radical (unpaired) electrons. The lowest BCUT2D eigenvalue weighted by Crippen LogP contribution is -2.47. The van der Waals surface area contributed by atoms with Gasteiger partial charge in [-0.3, -0.25) is 4.90 Å². The molecule has 2 aliphatic rings. The molecule has 0 amide bonds. The Hall–Kier alpha value is -0.930. The smallest absolute Gasteiger partial charge is 0.123 e. The number of rotatable bonds is 3. The summed E-state index contributed by atoms with van der Waals surface area (Å²) >= 11 is 0. The van der Waals surface area contributed by atoms with Crippen molar-refractivity contribution in [2.24, 2.45) is 17.6 Å². The minimum atomic E-state index is -0.161. The average molecular weight is 290 g/mol. The molecule has 1 heterocycles. The van der Waals surface area contributed by atoms with Gasteiger partial charge in [0.1, 0.15) is 5.82 Å². The summed E-state index contributed by atoms with van der Waals surface area (Å²) in [5.74, 6) is 1.57. The Morgan fingerprint density at radius 3 is 2.67 bits per heavy atom. The number of nitrogens with two attached hydrogens (primary N) is 1. The number of nitrogens with zero attached hydrogens (tertiary/aromatic N) is 1. The first-order chi connectivity index (χ1) is 10.1. The van der Waals surface area contributed by atoms with Gasteiger partial charge in [0.05, 0.1) is 0 Å². The Kier molecular flexibility index (Phi) is 4.60. The number of likely N-dealkylation sites (tertiary alicyclic amines) is 1. The highest BCUT2D eigenvalue weighted by atomic mass is 19.1. The van der Waals surface area contributed by atoms with Crippen LogP contribution in [-0.2, 0) is 0 Å². The standard InChI is InChI=1S/C18H27FN2/c1-13(20)18(15-7-4-8-17(19)11-15)21-10-9-14-5-2-3-6-16(14)12-21/h4,7-8,11,13-14,16,18H,2-3,5-6,9-10,12,20H2,1H3. The zero-order chi connectivity index (χ0) is 14.8. The lowest BCUT2D eigenvalue weighted by Gasteiger charge is -2.45. The van der Waals surface area contributed by atoms with Gasteiger partial charge in [-0.25, -0.2) is 4.39 Å². The van der Waals surface area contributed by atoms with Crippen LogP contribution in [0.25, 0.3) is 0 Å². The van der Waals surface area contributed by atoms with E-state index in [2.05, 4.69) is 4.90 Å². The Labute approximate surface area is 127 Å². The summed E-state index contributed by atoms with van der Waals surface area (Å²) < 4.78 is 13.6. The zero-order valence-corrected chi connectivity index (χ0v) is 13.0. The Balaban J connectivity index is 1.78. The summed E-state index contributed by atoms with van der Waals surface area (Å²) in [4.78, 5) is 2.51. The molecule has 1 saturated carbocycles. The molecule has 1 aromatic carbocycles. The lowest BCUT2D eigenvalue weighted by molar-refractivity contribution is 0.0493. The van der Waals surface area contributed by atoms with Gasteiger partial charge in [0.15, 0.2) is 0 Å². The van der Waals surface area contributed by atoms with Crippen LogP contribution in [0.1, 0.15) is 50.6 Å². The third-order valence-corrected chi connectivity index (χ3v) is 5.40. The molecule has 1 aliphatic heterocycles. The van der Waals surface area contributed by atoms with Gasteiger partial charge in [0.25, 0.3) is 0 Å². The number of hydrogen-bond donors (Lipinski definition) is 1. The summed E-state index contributed by atoms with van der Waals surface area (Å²) in [5.41, 5.74) is 7.28. The maximum Gasteiger partial charge on any atom is 0.123 e. The Bertz CT molecular complexity index is 474. The average Bonchev–Trinajstić information content (AvgIpc) is 2.47. The van der Waals surface area contributed by atoms with Gasteiger partial charge in [-0.2, -0.15) is 0 Å². The molecule has 4 atom stereocenters. The molecule has 1 aromatic rings. The SMILES string of the molecule is CC(N)C(c1cccc(F)c1)N1CCC2CCCCC2C1. The largest absolute Gasteiger partial charge is 0.326 e. The predicted molar refractivity (Wildman–Crippen MR) is 84.4 cm³/mol. The predicted octanol–water partition coefficient (Wildman–Crippen LogP) is 3.73. The van der Waals surface area contributed by atoms with Crippen LogP contribution in [-0.4, -0.2) is 24.0 Å². The second-order valence-corrected chi connectivity index (χ2v) is 6.95. The molecule has 2 fully saturated rings. The minimum absolute atomic E-state index is 0.0203. The molecule has 0 aromatic heterocycles. The van der Waals surface area contributed by atoms with Crippen molar-refractivity contribution in [3.8, 4) is 0 Å². The molecule has 2 nitrogen and oxygen atoms in total. The molecule has 1 aliphatic carbocycles. The van der Waals surface area contributed by atoms with Gasteiger partial charge in [-0.15, -0.1) is 0 Å². The van der Waals surface area contributed by atoms with E-state index in [-0.39, 0.29) is 17.9 Å². The molecule has 3 heteroatoms. The van der Waals surface area contributed by atoms with E-state index in [0.29, 0.717) is 0 Å². The molecule has 4 unspecified atom stereocenters. The summed E-state index contributed by atoms with van der Waals surface area (Å²) in [5, 5.41) is 0. The van der Waals surface area contributed by atoms with Crippen LogP contribution < -0.4 is 5.73 Å². The first-order valence-electron chi connectivity index (χ1n) is 8.40. The van der Waals surface area contributed by atoms with E-state index in [1.165, 1.54) is 38.2 Å². The van der Waals surface area contributed by atoms with E-state index in [4.69, 9.17) is 5.73 Å². The van der Waals surface area contributed by atoms with Crippen molar-refractivity contribution < 1.29 is 4.39 Å². The van der Waals surface area contributed by atoms with E-state index in [9.17, 15) is 4.39 Å². The van der Waals surface area contributed by atoms with Crippen molar-refractivity contribution in [2.75, 3.05) is 13.1 Å². The van der Waals surface area contributed by atoms with Gasteiger partial charge in [0.2, 0.25) is 0 Å². The third kappa shape index (κ3) is 3.29. The molecule has 1 saturated heterocycles. The van der Waals surface area contributed by atoms with Gasteiger partial charge < -0.3 is 5.73 Å². The van der Waals surface area contributed by atoms with E-state index < -0.39 is 0 Å². The summed E-state index contributed by atoms with van der Waals surface area (Å²) in [6.07, 6.45) is 6.82. The maximum atomic E-state index is 13.6. The first-order valence-corrected chi connectivity index (χ1v) is 8.40. The van der Waals surface area contributed by atoms with E-state index in [1.54, 1.807) is 12.1 Å². The number of fused-ring (bicyclic) bond motifs is 1. The summed E-state index contributed by atoms with van der Waals surface area (Å²) in [6.45, 7) is 4.28. The number of piperidine rings is 1. The second kappa shape index (κ2) is 6.45. The highest BCUT2D eigenvalue weighted by molar-refractivity contribution is 5.22. The number of hydrogen-bond acceptors (Lipinski definition) is 2. The van der Waals surface area contributed by atoms with Crippen molar-refractivity contribution in [2.45, 2.75) is 51.1 Å². The molecule has 2 N–H and O–H groups in total. The maximum absolute atomic E-state index is 13.6. The van der Waals surface area contributed by atoms with E-state index in [1.807, 2.05) is 13.0 Å². The molecular formula is C18H27FN2. The van der Waals surface area contributed by atoms with E-state index in [0.717, 1.165) is 30.5 Å². The minimum Gasteiger partial charge on any atom is -0.326 e. The van der Waals surface area contributed by atoms with Crippen LogP contribution in [0.5, 0.6) is 0 Å². The highest BCUT2D eigenvalue weighted by Crippen LogP contribution is 2.39. The molecule has 116 valence electrons. The number of halogens is 1. The van der Waals surface area contributed by atoms with Crippen molar-refractivity contribution in [3.05, 3.63) is 35.6 Å². The molecule has 3 rings (SSSR count). The monoisotopic (exact) mass is 290 g/mol. The van der Waals surface area contributed by atoms with Crippen LogP contribution >= 0.6 is 0 Å². The summed E-state index contributed by atoms with van der Waals surface area (Å²) in [6, 6.07) is 7.14. The van der Waals surface area contributed by atoms with Gasteiger partial charge in [-0.05, 0) is 55.8 Å². The normalized spacial score (nSPS) is 29.7. The van der Waals surface area contributed by atoms with E-state index >= 15 is 0 Å². The highest BCUT2D eigenvalue weighted by Gasteiger charge is 2.35. The van der Waals surface area contributed by atoms with Crippen LogP contribution in [0.4, 0.5) is 4.39 Å².